The van der Waals surface area contributed by atoms with Crippen LogP contribution in [0.2, 0.25) is 0 Å². The molecule has 1 aliphatic carbocycles. The third kappa shape index (κ3) is 3.07. The Morgan fingerprint density at radius 1 is 0.960 bits per heavy atom. The molecule has 0 bridgehead atoms. The number of anilines is 1. The zero-order valence-corrected chi connectivity index (χ0v) is 15.0. The van der Waals surface area contributed by atoms with Crippen molar-refractivity contribution in [1.29, 1.82) is 0 Å². The molecule has 1 aliphatic heterocycles. The highest BCUT2D eigenvalue weighted by Gasteiger charge is 2.38. The number of nitrogens with zero attached hydrogens (tertiary/aromatic N) is 1. The molecule has 2 aromatic carbocycles. The molecule has 4 nitrogen and oxygen atoms in total. The summed E-state index contributed by atoms with van der Waals surface area (Å²) in [5.74, 6) is 1.68. The largest absolute Gasteiger partial charge is 0.454 e. The molecule has 1 fully saturated rings. The average molecular weight is 338 g/mol. The van der Waals surface area contributed by atoms with E-state index in [9.17, 15) is 0 Å². The van der Waals surface area contributed by atoms with E-state index >= 15 is 0 Å². The summed E-state index contributed by atoms with van der Waals surface area (Å²) in [6, 6.07) is 17.6. The van der Waals surface area contributed by atoms with Crippen LogP contribution < -0.4 is 14.8 Å². The molecule has 1 saturated carbocycles. The van der Waals surface area contributed by atoms with Crippen molar-refractivity contribution in [3.8, 4) is 11.5 Å². The van der Waals surface area contributed by atoms with E-state index in [0.717, 1.165) is 42.9 Å². The minimum absolute atomic E-state index is 0.147. The fourth-order valence-electron chi connectivity index (χ4n) is 4.20. The molecule has 0 amide bonds. The zero-order chi connectivity index (χ0) is 17.3. The van der Waals surface area contributed by atoms with Crippen LogP contribution in [0.4, 0.5) is 5.69 Å². The second kappa shape index (κ2) is 6.60. The van der Waals surface area contributed by atoms with Crippen molar-refractivity contribution in [1.82, 2.24) is 4.90 Å². The predicted molar refractivity (Wildman–Crippen MR) is 100 cm³/mol. The van der Waals surface area contributed by atoms with Gasteiger partial charge in [-0.3, -0.25) is 4.90 Å². The molecule has 0 saturated heterocycles. The molecular formula is C21H26N2O2. The molecule has 0 radical (unpaired) electrons. The Kier molecular flexibility index (Phi) is 4.30. The molecule has 0 unspecified atom stereocenters. The van der Waals surface area contributed by atoms with E-state index in [1.165, 1.54) is 5.56 Å². The lowest BCUT2D eigenvalue weighted by atomic mass is 9.74. The van der Waals surface area contributed by atoms with E-state index in [2.05, 4.69) is 60.7 Å². The average Bonchev–Trinajstić information content (AvgIpc) is 3.11. The molecule has 4 heteroatoms. The lowest BCUT2D eigenvalue weighted by Gasteiger charge is -2.46. The van der Waals surface area contributed by atoms with Crippen molar-refractivity contribution in [3.05, 3.63) is 54.1 Å². The zero-order valence-electron chi connectivity index (χ0n) is 15.0. The van der Waals surface area contributed by atoms with Crippen LogP contribution in [0.25, 0.3) is 0 Å². The molecule has 2 aromatic rings. The van der Waals surface area contributed by atoms with Crippen molar-refractivity contribution in [2.45, 2.75) is 37.3 Å². The lowest BCUT2D eigenvalue weighted by Crippen LogP contribution is -2.46. The maximum atomic E-state index is 5.48. The second-order valence-electron chi connectivity index (χ2n) is 7.28. The second-order valence-corrected chi connectivity index (χ2v) is 7.28. The van der Waals surface area contributed by atoms with Crippen LogP contribution in [0.15, 0.2) is 48.5 Å². The van der Waals surface area contributed by atoms with Gasteiger partial charge in [0.05, 0.1) is 0 Å². The fraction of sp³-hybridized carbons (Fsp3) is 0.429. The Balaban J connectivity index is 1.45. The summed E-state index contributed by atoms with van der Waals surface area (Å²) >= 11 is 0. The first kappa shape index (κ1) is 16.3. The molecule has 0 spiro atoms. The quantitative estimate of drug-likeness (QED) is 0.905. The maximum absolute atomic E-state index is 5.48. The van der Waals surface area contributed by atoms with E-state index in [0.29, 0.717) is 12.8 Å². The third-order valence-corrected chi connectivity index (χ3v) is 5.72. The topological polar surface area (TPSA) is 33.7 Å². The van der Waals surface area contributed by atoms with Crippen molar-refractivity contribution in [2.24, 2.45) is 0 Å². The van der Waals surface area contributed by atoms with E-state index in [4.69, 9.17) is 9.47 Å². The summed E-state index contributed by atoms with van der Waals surface area (Å²) < 4.78 is 10.9. The summed E-state index contributed by atoms with van der Waals surface area (Å²) in [7, 11) is 4.41. The van der Waals surface area contributed by atoms with Crippen molar-refractivity contribution >= 4 is 5.69 Å². The third-order valence-electron chi connectivity index (χ3n) is 5.72. The SMILES string of the molecule is CN(C)C1(c2ccccc2)CCC(Nc2ccc3c(c2)OCO3)CC1. The summed E-state index contributed by atoms with van der Waals surface area (Å²) in [4.78, 5) is 2.40. The van der Waals surface area contributed by atoms with Crippen LogP contribution in [0.1, 0.15) is 31.2 Å². The molecule has 25 heavy (non-hydrogen) atoms. The van der Waals surface area contributed by atoms with Crippen LogP contribution in [0, 0.1) is 0 Å². The number of fused-ring (bicyclic) bond motifs is 1. The summed E-state index contributed by atoms with van der Waals surface area (Å²) in [5, 5.41) is 3.68. The molecule has 1 N–H and O–H groups in total. The molecular weight excluding hydrogens is 312 g/mol. The monoisotopic (exact) mass is 338 g/mol. The summed E-state index contributed by atoms with van der Waals surface area (Å²) in [6.07, 6.45) is 4.63. The summed E-state index contributed by atoms with van der Waals surface area (Å²) in [6.45, 7) is 0.324. The Hall–Kier alpha value is -2.20. The first-order valence-electron chi connectivity index (χ1n) is 9.06. The molecule has 0 aromatic heterocycles. The number of hydrogen-bond donors (Lipinski definition) is 1. The van der Waals surface area contributed by atoms with Crippen LogP contribution in [0.3, 0.4) is 0 Å². The predicted octanol–water partition coefficient (Wildman–Crippen LogP) is 4.23. The van der Waals surface area contributed by atoms with Gasteiger partial charge in [0.1, 0.15) is 0 Å². The Morgan fingerprint density at radius 2 is 1.68 bits per heavy atom. The minimum atomic E-state index is 0.147. The number of rotatable bonds is 4. The van der Waals surface area contributed by atoms with Crippen LogP contribution in [-0.4, -0.2) is 31.8 Å². The summed E-state index contributed by atoms with van der Waals surface area (Å²) in [5.41, 5.74) is 2.70. The van der Waals surface area contributed by atoms with Gasteiger partial charge < -0.3 is 14.8 Å². The molecule has 0 atom stereocenters. The fourth-order valence-corrected chi connectivity index (χ4v) is 4.20. The number of ether oxygens (including phenoxy) is 2. The highest BCUT2D eigenvalue weighted by Crippen LogP contribution is 2.42. The molecule has 4 rings (SSSR count). The van der Waals surface area contributed by atoms with Gasteiger partial charge in [-0.15, -0.1) is 0 Å². The van der Waals surface area contributed by atoms with Crippen LogP contribution in [0.5, 0.6) is 11.5 Å². The van der Waals surface area contributed by atoms with Crippen molar-refractivity contribution in [3.63, 3.8) is 0 Å². The highest BCUT2D eigenvalue weighted by molar-refractivity contribution is 5.56. The van der Waals surface area contributed by atoms with E-state index in [1.807, 2.05) is 12.1 Å². The van der Waals surface area contributed by atoms with Gasteiger partial charge in [0, 0.05) is 23.3 Å². The Bertz CT molecular complexity index is 722. The van der Waals surface area contributed by atoms with E-state index in [1.54, 1.807) is 0 Å². The highest BCUT2D eigenvalue weighted by atomic mass is 16.7. The number of benzene rings is 2. The Labute approximate surface area is 149 Å². The number of nitrogens with one attached hydrogen (secondary N) is 1. The first-order valence-corrected chi connectivity index (χ1v) is 9.06. The van der Waals surface area contributed by atoms with Gasteiger partial charge in [-0.1, -0.05) is 30.3 Å². The van der Waals surface area contributed by atoms with Crippen molar-refractivity contribution in [2.75, 3.05) is 26.2 Å². The van der Waals surface area contributed by atoms with Crippen LogP contribution in [-0.2, 0) is 5.54 Å². The lowest BCUT2D eigenvalue weighted by molar-refractivity contribution is 0.0945. The van der Waals surface area contributed by atoms with Crippen molar-refractivity contribution < 1.29 is 9.47 Å². The standard InChI is InChI=1S/C21H26N2O2/c1-23(2)21(16-6-4-3-5-7-16)12-10-17(11-13-21)22-18-8-9-19-20(14-18)25-15-24-19/h3-9,14,17,22H,10-13,15H2,1-2H3. The van der Waals surface area contributed by atoms with E-state index < -0.39 is 0 Å². The maximum Gasteiger partial charge on any atom is 0.231 e. The van der Waals surface area contributed by atoms with Gasteiger partial charge >= 0.3 is 0 Å². The van der Waals surface area contributed by atoms with Gasteiger partial charge in [-0.2, -0.15) is 0 Å². The first-order chi connectivity index (χ1) is 12.2. The van der Waals surface area contributed by atoms with E-state index in [-0.39, 0.29) is 5.54 Å². The van der Waals surface area contributed by atoms with Gasteiger partial charge in [-0.25, -0.2) is 0 Å². The van der Waals surface area contributed by atoms with Gasteiger partial charge in [-0.05, 0) is 57.5 Å². The smallest absolute Gasteiger partial charge is 0.231 e. The molecule has 132 valence electrons. The normalized spacial score (nSPS) is 25.2. The van der Waals surface area contributed by atoms with Crippen LogP contribution >= 0.6 is 0 Å². The minimum Gasteiger partial charge on any atom is -0.454 e. The molecule has 1 heterocycles. The van der Waals surface area contributed by atoms with Gasteiger partial charge in [0.15, 0.2) is 11.5 Å². The Morgan fingerprint density at radius 3 is 2.40 bits per heavy atom. The van der Waals surface area contributed by atoms with Gasteiger partial charge in [0.25, 0.3) is 0 Å². The van der Waals surface area contributed by atoms with Gasteiger partial charge in [0.2, 0.25) is 6.79 Å². The molecule has 2 aliphatic rings. The number of hydrogen-bond acceptors (Lipinski definition) is 4.